The highest BCUT2D eigenvalue weighted by Gasteiger charge is 2.11. The number of ether oxygens (including phenoxy) is 1. The van der Waals surface area contributed by atoms with Crippen LogP contribution in [0.15, 0.2) is 24.7 Å². The Balaban J connectivity index is 2.18. The van der Waals surface area contributed by atoms with Crippen molar-refractivity contribution in [3.8, 4) is 5.75 Å². The molecular weight excluding hydrogens is 299 g/mol. The fourth-order valence-corrected chi connectivity index (χ4v) is 2.44. The van der Waals surface area contributed by atoms with E-state index in [9.17, 15) is 4.79 Å². The molecule has 0 aliphatic heterocycles. The first kappa shape index (κ1) is 14.9. The van der Waals surface area contributed by atoms with Crippen LogP contribution in [-0.2, 0) is 13.2 Å². The van der Waals surface area contributed by atoms with Crippen LogP contribution in [0.1, 0.15) is 29.4 Å². The summed E-state index contributed by atoms with van der Waals surface area (Å²) in [5.41, 5.74) is 1.26. The number of hydrogen-bond donors (Lipinski definition) is 0. The van der Waals surface area contributed by atoms with Crippen molar-refractivity contribution in [3.05, 3.63) is 46.0 Å². The van der Waals surface area contributed by atoms with Gasteiger partial charge in [-0.1, -0.05) is 30.1 Å². The summed E-state index contributed by atoms with van der Waals surface area (Å²) in [6.45, 7) is 3.25. The summed E-state index contributed by atoms with van der Waals surface area (Å²) in [6.07, 6.45) is 5.17. The summed E-state index contributed by atoms with van der Waals surface area (Å²) in [5.74, 6) is 0.343. The molecule has 0 aliphatic carbocycles. The Hall–Kier alpha value is -1.52. The van der Waals surface area contributed by atoms with Crippen molar-refractivity contribution in [2.24, 2.45) is 0 Å². The van der Waals surface area contributed by atoms with Crippen LogP contribution in [0.2, 0.25) is 10.0 Å². The first-order valence-electron chi connectivity index (χ1n) is 6.21. The van der Waals surface area contributed by atoms with Gasteiger partial charge in [0.05, 0.1) is 28.8 Å². The van der Waals surface area contributed by atoms with Gasteiger partial charge in [-0.25, -0.2) is 4.98 Å². The average molecular weight is 313 g/mol. The van der Waals surface area contributed by atoms with E-state index in [1.54, 1.807) is 18.6 Å². The maximum absolute atomic E-state index is 11.0. The molecule has 0 saturated carbocycles. The Morgan fingerprint density at radius 2 is 2.20 bits per heavy atom. The summed E-state index contributed by atoms with van der Waals surface area (Å²) in [5, 5.41) is 0.724. The second-order valence-electron chi connectivity index (χ2n) is 4.29. The number of aldehydes is 1. The molecule has 0 bridgehead atoms. The Morgan fingerprint density at radius 1 is 1.40 bits per heavy atom. The van der Waals surface area contributed by atoms with Crippen molar-refractivity contribution >= 4 is 29.5 Å². The standard InChI is InChI=1S/C14H14Cl2N2O2/c1-2-3-18-9-17-6-12(18)8-20-14-10(7-19)4-11(15)5-13(14)16/h4-7,9H,2-3,8H2,1H3. The Labute approximate surface area is 127 Å². The number of aryl methyl sites for hydroxylation is 1. The van der Waals surface area contributed by atoms with Gasteiger partial charge in [0.25, 0.3) is 0 Å². The largest absolute Gasteiger partial charge is 0.485 e. The van der Waals surface area contributed by atoms with Crippen LogP contribution in [0.5, 0.6) is 5.75 Å². The highest BCUT2D eigenvalue weighted by Crippen LogP contribution is 2.32. The van der Waals surface area contributed by atoms with Gasteiger partial charge >= 0.3 is 0 Å². The van der Waals surface area contributed by atoms with E-state index in [0.717, 1.165) is 18.7 Å². The Kier molecular flexibility index (Phi) is 5.04. The molecule has 4 nitrogen and oxygen atoms in total. The van der Waals surface area contributed by atoms with E-state index < -0.39 is 0 Å². The van der Waals surface area contributed by atoms with Gasteiger partial charge < -0.3 is 9.30 Å². The minimum Gasteiger partial charge on any atom is -0.485 e. The molecule has 0 atom stereocenters. The lowest BCUT2D eigenvalue weighted by atomic mass is 10.2. The van der Waals surface area contributed by atoms with Gasteiger partial charge in [0.15, 0.2) is 6.29 Å². The number of hydrogen-bond acceptors (Lipinski definition) is 3. The second-order valence-corrected chi connectivity index (χ2v) is 5.13. The fourth-order valence-electron chi connectivity index (χ4n) is 1.88. The molecule has 0 N–H and O–H groups in total. The summed E-state index contributed by atoms with van der Waals surface area (Å²) in [6, 6.07) is 3.08. The van der Waals surface area contributed by atoms with E-state index in [2.05, 4.69) is 11.9 Å². The summed E-state index contributed by atoms with van der Waals surface area (Å²) >= 11 is 11.9. The fraction of sp³-hybridized carbons (Fsp3) is 0.286. The SMILES string of the molecule is CCCn1cncc1COc1c(Cl)cc(Cl)cc1C=O. The molecule has 0 unspecified atom stereocenters. The lowest BCUT2D eigenvalue weighted by Crippen LogP contribution is -2.06. The normalized spacial score (nSPS) is 10.6. The van der Waals surface area contributed by atoms with Crippen molar-refractivity contribution in [2.45, 2.75) is 26.5 Å². The lowest BCUT2D eigenvalue weighted by Gasteiger charge is -2.12. The first-order valence-corrected chi connectivity index (χ1v) is 6.97. The quantitative estimate of drug-likeness (QED) is 0.757. The van der Waals surface area contributed by atoms with E-state index in [1.165, 1.54) is 6.07 Å². The summed E-state index contributed by atoms with van der Waals surface area (Å²) < 4.78 is 7.67. The zero-order chi connectivity index (χ0) is 14.5. The predicted octanol–water partition coefficient (Wildman–Crippen LogP) is 3.99. The molecule has 0 radical (unpaired) electrons. The van der Waals surface area contributed by atoms with Crippen molar-refractivity contribution in [2.75, 3.05) is 0 Å². The van der Waals surface area contributed by atoms with Crippen LogP contribution in [0.4, 0.5) is 0 Å². The van der Waals surface area contributed by atoms with E-state index in [-0.39, 0.29) is 0 Å². The topological polar surface area (TPSA) is 44.1 Å². The third-order valence-electron chi connectivity index (χ3n) is 2.79. The van der Waals surface area contributed by atoms with Gasteiger partial charge in [-0.05, 0) is 18.6 Å². The zero-order valence-electron chi connectivity index (χ0n) is 11.0. The minimum atomic E-state index is 0.294. The van der Waals surface area contributed by atoms with E-state index >= 15 is 0 Å². The first-order chi connectivity index (χ1) is 9.65. The highest BCUT2D eigenvalue weighted by molar-refractivity contribution is 6.36. The maximum atomic E-state index is 11.0. The van der Waals surface area contributed by atoms with Crippen molar-refractivity contribution < 1.29 is 9.53 Å². The van der Waals surface area contributed by atoms with E-state index in [0.29, 0.717) is 34.3 Å². The number of nitrogens with zero attached hydrogens (tertiary/aromatic N) is 2. The summed E-state index contributed by atoms with van der Waals surface area (Å²) in [4.78, 5) is 15.1. The van der Waals surface area contributed by atoms with Crippen molar-refractivity contribution in [3.63, 3.8) is 0 Å². The molecule has 2 aromatic rings. The molecule has 1 aromatic carbocycles. The third kappa shape index (κ3) is 3.32. The average Bonchev–Trinajstić information content (AvgIpc) is 2.85. The van der Waals surface area contributed by atoms with Crippen LogP contribution in [-0.4, -0.2) is 15.8 Å². The molecule has 1 aromatic heterocycles. The van der Waals surface area contributed by atoms with Crippen LogP contribution in [0.3, 0.4) is 0 Å². The second kappa shape index (κ2) is 6.77. The van der Waals surface area contributed by atoms with Crippen LogP contribution >= 0.6 is 23.2 Å². The highest BCUT2D eigenvalue weighted by atomic mass is 35.5. The lowest BCUT2D eigenvalue weighted by molar-refractivity contribution is 0.111. The van der Waals surface area contributed by atoms with Crippen molar-refractivity contribution in [1.82, 2.24) is 9.55 Å². The number of imidazole rings is 1. The van der Waals surface area contributed by atoms with Gasteiger partial charge in [0.2, 0.25) is 0 Å². The predicted molar refractivity (Wildman–Crippen MR) is 78.7 cm³/mol. The molecule has 106 valence electrons. The number of halogens is 2. The Bertz CT molecular complexity index is 611. The van der Waals surface area contributed by atoms with Gasteiger partial charge in [0, 0.05) is 11.6 Å². The molecule has 0 aliphatic rings. The van der Waals surface area contributed by atoms with Crippen LogP contribution in [0.25, 0.3) is 0 Å². The minimum absolute atomic E-state index is 0.294. The molecule has 0 saturated heterocycles. The molecule has 2 rings (SSSR count). The molecule has 1 heterocycles. The monoisotopic (exact) mass is 312 g/mol. The maximum Gasteiger partial charge on any atom is 0.153 e. The number of carbonyl (C=O) groups excluding carboxylic acids is 1. The molecule has 6 heteroatoms. The van der Waals surface area contributed by atoms with Crippen LogP contribution < -0.4 is 4.74 Å². The number of rotatable bonds is 6. The van der Waals surface area contributed by atoms with E-state index in [4.69, 9.17) is 27.9 Å². The molecular formula is C14H14Cl2N2O2. The van der Waals surface area contributed by atoms with E-state index in [1.807, 2.05) is 4.57 Å². The zero-order valence-corrected chi connectivity index (χ0v) is 12.5. The van der Waals surface area contributed by atoms with Crippen molar-refractivity contribution in [1.29, 1.82) is 0 Å². The van der Waals surface area contributed by atoms with Gasteiger partial charge in [-0.15, -0.1) is 0 Å². The summed E-state index contributed by atoms with van der Waals surface area (Å²) in [7, 11) is 0. The van der Waals surface area contributed by atoms with Gasteiger partial charge in [-0.2, -0.15) is 0 Å². The van der Waals surface area contributed by atoms with Gasteiger partial charge in [-0.3, -0.25) is 4.79 Å². The Morgan fingerprint density at radius 3 is 2.90 bits per heavy atom. The molecule has 0 fully saturated rings. The smallest absolute Gasteiger partial charge is 0.153 e. The van der Waals surface area contributed by atoms with Crippen LogP contribution in [0, 0.1) is 0 Å². The number of aromatic nitrogens is 2. The third-order valence-corrected chi connectivity index (χ3v) is 3.29. The molecule has 0 amide bonds. The molecule has 20 heavy (non-hydrogen) atoms. The number of carbonyl (C=O) groups is 1. The number of benzene rings is 1. The van der Waals surface area contributed by atoms with Gasteiger partial charge in [0.1, 0.15) is 12.4 Å². The molecule has 0 spiro atoms.